The molecule has 134 valence electrons. The van der Waals surface area contributed by atoms with Gasteiger partial charge in [-0.25, -0.2) is 4.79 Å². The Labute approximate surface area is 138 Å². The molecule has 0 aromatic carbocycles. The van der Waals surface area contributed by atoms with Crippen LogP contribution in [0.3, 0.4) is 0 Å². The van der Waals surface area contributed by atoms with Crippen LogP contribution in [0.5, 0.6) is 0 Å². The Morgan fingerprint density at radius 1 is 1.42 bits per heavy atom. The van der Waals surface area contributed by atoms with Crippen LogP contribution in [0.4, 0.5) is 0 Å². The van der Waals surface area contributed by atoms with Crippen LogP contribution in [0.25, 0.3) is 0 Å². The highest BCUT2D eigenvalue weighted by molar-refractivity contribution is 7.57. The molecule has 9 nitrogen and oxygen atoms in total. The monoisotopic (exact) mass is 360 g/mol. The Balaban J connectivity index is 2.13. The van der Waals surface area contributed by atoms with Gasteiger partial charge in [-0.1, -0.05) is 0 Å². The second-order valence-electron chi connectivity index (χ2n) is 5.09. The van der Waals surface area contributed by atoms with E-state index >= 15 is 0 Å². The van der Waals surface area contributed by atoms with Gasteiger partial charge in [-0.2, -0.15) is 0 Å². The molecule has 10 heteroatoms. The molecule has 1 aliphatic heterocycles. The lowest BCUT2D eigenvalue weighted by molar-refractivity contribution is 0.00481. The van der Waals surface area contributed by atoms with Gasteiger partial charge < -0.3 is 18.9 Å². The topological polar surface area (TPSA) is 120 Å². The van der Waals surface area contributed by atoms with Crippen molar-refractivity contribution in [1.29, 1.82) is 0 Å². The van der Waals surface area contributed by atoms with Gasteiger partial charge in [-0.05, 0) is 19.9 Å². The largest absolute Gasteiger partial charge is 0.390 e. The number of hydrogen-bond donors (Lipinski definition) is 2. The number of ether oxygens (including phenoxy) is 1. The van der Waals surface area contributed by atoms with Gasteiger partial charge in [0.05, 0.1) is 19.3 Å². The fourth-order valence-corrected chi connectivity index (χ4v) is 3.70. The molecule has 1 saturated heterocycles. The third-order valence-electron chi connectivity index (χ3n) is 3.37. The van der Waals surface area contributed by atoms with E-state index in [1.165, 1.54) is 28.7 Å². The maximum atomic E-state index is 12.4. The van der Waals surface area contributed by atoms with Crippen molar-refractivity contribution in [3.63, 3.8) is 0 Å². The molecule has 1 aromatic rings. The van der Waals surface area contributed by atoms with Crippen molar-refractivity contribution in [2.45, 2.75) is 38.7 Å². The van der Waals surface area contributed by atoms with Crippen molar-refractivity contribution in [3.05, 3.63) is 45.0 Å². The molecular weight excluding hydrogens is 339 g/mol. The van der Waals surface area contributed by atoms with Gasteiger partial charge in [0.15, 0.2) is 0 Å². The summed E-state index contributed by atoms with van der Waals surface area (Å²) in [6, 6.07) is 1.19. The summed E-state index contributed by atoms with van der Waals surface area (Å²) in [5, 5.41) is 10.1. The summed E-state index contributed by atoms with van der Waals surface area (Å²) in [7, 11) is -3.39. The predicted molar refractivity (Wildman–Crippen MR) is 85.9 cm³/mol. The van der Waals surface area contributed by atoms with Gasteiger partial charge in [0, 0.05) is 24.5 Å². The summed E-state index contributed by atoms with van der Waals surface area (Å²) in [6.45, 7) is 3.81. The molecule has 0 aliphatic carbocycles. The van der Waals surface area contributed by atoms with Crippen LogP contribution in [-0.4, -0.2) is 40.1 Å². The maximum absolute atomic E-state index is 12.4. The highest BCUT2D eigenvalue weighted by atomic mass is 31.2. The number of aromatic amines is 1. The van der Waals surface area contributed by atoms with Crippen molar-refractivity contribution in [3.8, 4) is 0 Å². The molecule has 0 bridgehead atoms. The molecule has 1 aliphatic rings. The Morgan fingerprint density at radius 3 is 2.67 bits per heavy atom. The molecule has 0 spiro atoms. The summed E-state index contributed by atoms with van der Waals surface area (Å²) in [5.74, 6) is 1.26. The summed E-state index contributed by atoms with van der Waals surface area (Å²) in [4.78, 5) is 25.0. The second kappa shape index (κ2) is 8.04. The van der Waals surface area contributed by atoms with Crippen molar-refractivity contribution in [2.75, 3.05) is 13.2 Å². The van der Waals surface area contributed by atoms with Crippen molar-refractivity contribution < 1.29 is 23.5 Å². The van der Waals surface area contributed by atoms with Crippen molar-refractivity contribution in [2.24, 2.45) is 0 Å². The number of aliphatic hydroxyl groups is 1. The normalized spacial score (nSPS) is 24.7. The number of nitrogens with one attached hydrogen (secondary N) is 1. The van der Waals surface area contributed by atoms with Gasteiger partial charge in [0.1, 0.15) is 12.3 Å². The van der Waals surface area contributed by atoms with Crippen LogP contribution in [0.1, 0.15) is 26.5 Å². The predicted octanol–water partition coefficient (Wildman–Crippen LogP) is 0.965. The van der Waals surface area contributed by atoms with E-state index in [0.29, 0.717) is 0 Å². The lowest BCUT2D eigenvalue weighted by Gasteiger charge is -2.15. The van der Waals surface area contributed by atoms with Crippen molar-refractivity contribution >= 4 is 7.60 Å². The van der Waals surface area contributed by atoms with E-state index in [2.05, 4.69) is 4.98 Å². The molecule has 2 rings (SSSR count). The number of hydrogen-bond acceptors (Lipinski definition) is 7. The standard InChI is InChI=1S/C14H21N2O7P/c1-3-21-24(20,22-4-2)8-6-11-10(17)9-13(23-11)16-7-5-12(18)15-14(16)19/h5-8,10-11,13,17H,3-4,9H2,1-2H3,(H,15,18,19)/b8-6+/t10?,11-,13-/m1/s1. The third kappa shape index (κ3) is 4.52. The molecule has 0 radical (unpaired) electrons. The molecule has 3 atom stereocenters. The van der Waals surface area contributed by atoms with E-state index in [1.807, 2.05) is 0 Å². The first-order valence-electron chi connectivity index (χ1n) is 7.61. The lowest BCUT2D eigenvalue weighted by atomic mass is 10.2. The molecule has 24 heavy (non-hydrogen) atoms. The van der Waals surface area contributed by atoms with Crippen LogP contribution in [0.15, 0.2) is 33.7 Å². The highest BCUT2D eigenvalue weighted by Gasteiger charge is 2.34. The summed E-state index contributed by atoms with van der Waals surface area (Å²) in [5.41, 5.74) is -1.14. The van der Waals surface area contributed by atoms with E-state index in [4.69, 9.17) is 13.8 Å². The first-order valence-corrected chi connectivity index (χ1v) is 9.23. The Kier molecular flexibility index (Phi) is 6.31. The minimum absolute atomic E-state index is 0.147. The zero-order valence-electron chi connectivity index (χ0n) is 13.5. The van der Waals surface area contributed by atoms with Crippen LogP contribution in [-0.2, 0) is 18.3 Å². The first kappa shape index (κ1) is 18.8. The molecule has 2 heterocycles. The molecule has 1 unspecified atom stereocenters. The van der Waals surface area contributed by atoms with Gasteiger partial charge in [-0.15, -0.1) is 0 Å². The fourth-order valence-electron chi connectivity index (χ4n) is 2.35. The Morgan fingerprint density at radius 2 is 2.08 bits per heavy atom. The highest BCUT2D eigenvalue weighted by Crippen LogP contribution is 2.50. The van der Waals surface area contributed by atoms with E-state index in [1.54, 1.807) is 13.8 Å². The number of H-pyrrole nitrogens is 1. The molecule has 2 N–H and O–H groups in total. The Hall–Kier alpha value is -1.51. The summed E-state index contributed by atoms with van der Waals surface area (Å²) in [6.07, 6.45) is 0.445. The maximum Gasteiger partial charge on any atom is 0.353 e. The number of aromatic nitrogens is 2. The SMILES string of the molecule is CCOP(=O)(/C=C/[C@H]1O[C@@H](n2ccc(=O)[nH]c2=O)CC1O)OCC. The summed E-state index contributed by atoms with van der Waals surface area (Å²) >= 11 is 0. The zero-order chi connectivity index (χ0) is 17.7. The zero-order valence-corrected chi connectivity index (χ0v) is 14.3. The average Bonchev–Trinajstić information content (AvgIpc) is 2.86. The number of nitrogens with zero attached hydrogens (tertiary/aromatic N) is 1. The van der Waals surface area contributed by atoms with Gasteiger partial charge >= 0.3 is 13.3 Å². The van der Waals surface area contributed by atoms with Gasteiger partial charge in [0.25, 0.3) is 5.56 Å². The second-order valence-corrected chi connectivity index (χ2v) is 6.99. The molecular formula is C14H21N2O7P. The molecule has 0 saturated carbocycles. The van der Waals surface area contributed by atoms with E-state index in [-0.39, 0.29) is 19.6 Å². The van der Waals surface area contributed by atoms with E-state index in [0.717, 1.165) is 0 Å². The van der Waals surface area contributed by atoms with Gasteiger partial charge in [0.2, 0.25) is 0 Å². The first-order chi connectivity index (χ1) is 11.4. The van der Waals surface area contributed by atoms with Gasteiger partial charge in [-0.3, -0.25) is 18.9 Å². The number of rotatable bonds is 7. The lowest BCUT2D eigenvalue weighted by Crippen LogP contribution is -2.31. The smallest absolute Gasteiger partial charge is 0.353 e. The third-order valence-corrected chi connectivity index (χ3v) is 5.15. The average molecular weight is 360 g/mol. The quantitative estimate of drug-likeness (QED) is 0.695. The number of aliphatic hydroxyl groups excluding tert-OH is 1. The molecule has 0 amide bonds. The molecule has 1 aromatic heterocycles. The minimum atomic E-state index is -3.39. The van der Waals surface area contributed by atoms with Crippen molar-refractivity contribution in [1.82, 2.24) is 9.55 Å². The molecule has 1 fully saturated rings. The van der Waals surface area contributed by atoms with E-state index < -0.39 is 37.3 Å². The minimum Gasteiger partial charge on any atom is -0.390 e. The van der Waals surface area contributed by atoms with Crippen LogP contribution in [0, 0.1) is 0 Å². The van der Waals surface area contributed by atoms with Crippen LogP contribution in [0.2, 0.25) is 0 Å². The summed E-state index contributed by atoms with van der Waals surface area (Å²) < 4.78 is 29.4. The van der Waals surface area contributed by atoms with E-state index in [9.17, 15) is 19.3 Å². The fraction of sp³-hybridized carbons (Fsp3) is 0.571. The van der Waals surface area contributed by atoms with Crippen LogP contribution < -0.4 is 11.2 Å². The Bertz CT molecular complexity index is 731. The van der Waals surface area contributed by atoms with Crippen LogP contribution >= 0.6 is 7.60 Å².